The first-order valence-corrected chi connectivity index (χ1v) is 8.03. The van der Waals surface area contributed by atoms with E-state index in [1.807, 2.05) is 35.2 Å². The fraction of sp³-hybridized carbons (Fsp3) is 0.200. The number of benzene rings is 2. The Balaban J connectivity index is 1.80. The van der Waals surface area contributed by atoms with Gasteiger partial charge in [-0.25, -0.2) is 9.79 Å². The maximum Gasteiger partial charge on any atom is 0.234 e. The molecule has 1 aliphatic carbocycles. The van der Waals surface area contributed by atoms with Gasteiger partial charge in [0, 0.05) is 12.0 Å². The van der Waals surface area contributed by atoms with Crippen LogP contribution in [0.5, 0.6) is 0 Å². The number of amides is 1. The minimum absolute atomic E-state index is 0.0269. The SMILES string of the molecule is O=C=NCCC(=O)N1Cc2ccccc2C2=C(C2)c2ccccc21. The molecule has 0 radical (unpaired) electrons. The van der Waals surface area contributed by atoms with Gasteiger partial charge < -0.3 is 4.90 Å². The largest absolute Gasteiger partial charge is 0.307 e. The van der Waals surface area contributed by atoms with E-state index in [4.69, 9.17) is 0 Å². The van der Waals surface area contributed by atoms with Crippen molar-refractivity contribution in [1.82, 2.24) is 0 Å². The van der Waals surface area contributed by atoms with Gasteiger partial charge in [-0.1, -0.05) is 42.5 Å². The molecule has 0 unspecified atom stereocenters. The van der Waals surface area contributed by atoms with E-state index in [0.29, 0.717) is 6.54 Å². The molecule has 24 heavy (non-hydrogen) atoms. The number of hydrogen-bond acceptors (Lipinski definition) is 3. The average molecular weight is 316 g/mol. The minimum atomic E-state index is -0.0269. The van der Waals surface area contributed by atoms with Crippen molar-refractivity contribution in [3.63, 3.8) is 0 Å². The molecule has 0 N–H and O–H groups in total. The number of rotatable bonds is 3. The molecule has 4 rings (SSSR count). The summed E-state index contributed by atoms with van der Waals surface area (Å²) >= 11 is 0. The van der Waals surface area contributed by atoms with Crippen LogP contribution in [0.3, 0.4) is 0 Å². The van der Waals surface area contributed by atoms with Crippen molar-refractivity contribution < 1.29 is 9.59 Å². The molecule has 1 amide bonds. The third-order valence-corrected chi connectivity index (χ3v) is 4.59. The lowest BCUT2D eigenvalue weighted by Crippen LogP contribution is -2.32. The molecule has 2 aliphatic rings. The van der Waals surface area contributed by atoms with Gasteiger partial charge >= 0.3 is 0 Å². The van der Waals surface area contributed by atoms with Crippen LogP contribution in [0.4, 0.5) is 5.69 Å². The van der Waals surface area contributed by atoms with Crippen LogP contribution in [0.1, 0.15) is 29.5 Å². The smallest absolute Gasteiger partial charge is 0.234 e. The fourth-order valence-electron chi connectivity index (χ4n) is 3.38. The van der Waals surface area contributed by atoms with E-state index < -0.39 is 0 Å². The summed E-state index contributed by atoms with van der Waals surface area (Å²) in [5.74, 6) is -0.0269. The first-order valence-electron chi connectivity index (χ1n) is 8.03. The van der Waals surface area contributed by atoms with Gasteiger partial charge in [-0.3, -0.25) is 4.79 Å². The monoisotopic (exact) mass is 316 g/mol. The van der Waals surface area contributed by atoms with Crippen molar-refractivity contribution >= 4 is 28.8 Å². The third-order valence-electron chi connectivity index (χ3n) is 4.59. The molecule has 1 heterocycles. The number of carbonyl (C=O) groups excluding carboxylic acids is 2. The molecule has 0 bridgehead atoms. The maximum atomic E-state index is 12.8. The predicted octanol–water partition coefficient (Wildman–Crippen LogP) is 3.57. The van der Waals surface area contributed by atoms with Crippen LogP contribution in [0, 0.1) is 0 Å². The first-order chi connectivity index (χ1) is 11.8. The van der Waals surface area contributed by atoms with Gasteiger partial charge in [-0.2, -0.15) is 0 Å². The third kappa shape index (κ3) is 2.47. The van der Waals surface area contributed by atoms with Crippen LogP contribution in [0.2, 0.25) is 0 Å². The van der Waals surface area contributed by atoms with Crippen LogP contribution in [0.15, 0.2) is 53.5 Å². The van der Waals surface area contributed by atoms with E-state index in [1.165, 1.54) is 22.8 Å². The number of anilines is 1. The van der Waals surface area contributed by atoms with Gasteiger partial charge in [0.15, 0.2) is 0 Å². The van der Waals surface area contributed by atoms with Crippen molar-refractivity contribution in [2.45, 2.75) is 19.4 Å². The van der Waals surface area contributed by atoms with E-state index in [9.17, 15) is 9.59 Å². The van der Waals surface area contributed by atoms with Crippen LogP contribution in [-0.4, -0.2) is 18.5 Å². The highest BCUT2D eigenvalue weighted by Gasteiger charge is 2.32. The highest BCUT2D eigenvalue weighted by molar-refractivity contribution is 6.12. The molecule has 2 aromatic rings. The number of nitrogens with zero attached hydrogens (tertiary/aromatic N) is 2. The Bertz CT molecular complexity index is 907. The van der Waals surface area contributed by atoms with E-state index in [-0.39, 0.29) is 18.9 Å². The lowest BCUT2D eigenvalue weighted by Gasteiger charge is -2.26. The highest BCUT2D eigenvalue weighted by atomic mass is 16.2. The number of fused-ring (bicyclic) bond motifs is 4. The van der Waals surface area contributed by atoms with Gasteiger partial charge in [0.05, 0.1) is 18.8 Å². The van der Waals surface area contributed by atoms with Gasteiger partial charge in [0.1, 0.15) is 0 Å². The van der Waals surface area contributed by atoms with Gasteiger partial charge in [-0.15, -0.1) is 0 Å². The first kappa shape index (κ1) is 14.6. The molecule has 0 saturated heterocycles. The number of aliphatic imine (C=N–C) groups is 1. The normalized spacial score (nSPS) is 14.6. The summed E-state index contributed by atoms with van der Waals surface area (Å²) in [5, 5.41) is 0. The molecule has 0 saturated carbocycles. The van der Waals surface area contributed by atoms with Crippen molar-refractivity contribution in [2.24, 2.45) is 4.99 Å². The fourth-order valence-corrected chi connectivity index (χ4v) is 3.38. The molecule has 0 spiro atoms. The maximum absolute atomic E-state index is 12.8. The summed E-state index contributed by atoms with van der Waals surface area (Å²) in [4.78, 5) is 28.3. The Kier molecular flexibility index (Phi) is 3.60. The Labute approximate surface area is 140 Å². The number of carbonyl (C=O) groups is 1. The van der Waals surface area contributed by atoms with Gasteiger partial charge in [0.25, 0.3) is 0 Å². The van der Waals surface area contributed by atoms with Crippen molar-refractivity contribution in [2.75, 3.05) is 11.4 Å². The van der Waals surface area contributed by atoms with E-state index >= 15 is 0 Å². The van der Waals surface area contributed by atoms with Crippen molar-refractivity contribution in [3.8, 4) is 0 Å². The summed E-state index contributed by atoms with van der Waals surface area (Å²) in [6, 6.07) is 16.3. The zero-order valence-electron chi connectivity index (χ0n) is 13.2. The summed E-state index contributed by atoms with van der Waals surface area (Å²) in [7, 11) is 0. The molecular formula is C20H16N2O2. The zero-order chi connectivity index (χ0) is 16.5. The van der Waals surface area contributed by atoms with Crippen molar-refractivity contribution in [1.29, 1.82) is 0 Å². The van der Waals surface area contributed by atoms with Crippen molar-refractivity contribution in [3.05, 3.63) is 65.2 Å². The second-order valence-electron chi connectivity index (χ2n) is 6.01. The van der Waals surface area contributed by atoms with Gasteiger partial charge in [-0.05, 0) is 34.8 Å². The average Bonchev–Trinajstić information content (AvgIpc) is 3.39. The summed E-state index contributed by atoms with van der Waals surface area (Å²) in [5.41, 5.74) is 7.18. The molecule has 118 valence electrons. The van der Waals surface area contributed by atoms with E-state index in [1.54, 1.807) is 0 Å². The standard InChI is InChI=1S/C20H16N2O2/c23-13-21-10-9-20(24)22-12-14-5-1-2-6-15(14)17-11-18(17)16-7-3-4-8-19(16)22/h1-8H,9-12H2. The van der Waals surface area contributed by atoms with Crippen LogP contribution in [-0.2, 0) is 16.1 Å². The Morgan fingerprint density at radius 3 is 2.58 bits per heavy atom. The Morgan fingerprint density at radius 2 is 1.75 bits per heavy atom. The molecule has 2 aromatic carbocycles. The highest BCUT2D eigenvalue weighted by Crippen LogP contribution is 2.51. The lowest BCUT2D eigenvalue weighted by atomic mass is 10.0. The Morgan fingerprint density at radius 1 is 1.04 bits per heavy atom. The molecule has 4 heteroatoms. The van der Waals surface area contributed by atoms with Crippen LogP contribution < -0.4 is 4.90 Å². The topological polar surface area (TPSA) is 49.7 Å². The summed E-state index contributed by atoms with van der Waals surface area (Å²) < 4.78 is 0. The van der Waals surface area contributed by atoms with E-state index in [0.717, 1.165) is 23.2 Å². The second-order valence-corrected chi connectivity index (χ2v) is 6.01. The van der Waals surface area contributed by atoms with E-state index in [2.05, 4.69) is 23.2 Å². The lowest BCUT2D eigenvalue weighted by molar-refractivity contribution is -0.118. The molecular weight excluding hydrogens is 300 g/mol. The minimum Gasteiger partial charge on any atom is -0.307 e. The number of hydrogen-bond donors (Lipinski definition) is 0. The van der Waals surface area contributed by atoms with Crippen LogP contribution in [0.25, 0.3) is 11.1 Å². The summed E-state index contributed by atoms with van der Waals surface area (Å²) in [6.07, 6.45) is 2.68. The molecule has 4 nitrogen and oxygen atoms in total. The number of para-hydroxylation sites is 1. The quantitative estimate of drug-likeness (QED) is 0.642. The summed E-state index contributed by atoms with van der Waals surface area (Å²) in [6.45, 7) is 0.712. The zero-order valence-corrected chi connectivity index (χ0v) is 13.2. The molecule has 1 aliphatic heterocycles. The van der Waals surface area contributed by atoms with Crippen LogP contribution >= 0.6 is 0 Å². The predicted molar refractivity (Wildman–Crippen MR) is 93.1 cm³/mol. The second kappa shape index (κ2) is 5.91. The van der Waals surface area contributed by atoms with Gasteiger partial charge in [0.2, 0.25) is 12.0 Å². The molecule has 0 atom stereocenters. The number of allylic oxidation sites excluding steroid dienone is 2. The molecule has 0 aromatic heterocycles. The Hall–Kier alpha value is -2.97. The molecule has 0 fully saturated rings. The number of isocyanates is 1.